The topological polar surface area (TPSA) is 140 Å². The van der Waals surface area contributed by atoms with Crippen LogP contribution in [0.2, 0.25) is 5.02 Å². The molecule has 0 radical (unpaired) electrons. The molecule has 0 bridgehead atoms. The molecule has 26 heavy (non-hydrogen) atoms. The van der Waals surface area contributed by atoms with Crippen molar-refractivity contribution < 1.29 is 9.72 Å². The Bertz CT molecular complexity index is 1050. The molecule has 1 aromatic carbocycles. The van der Waals surface area contributed by atoms with Gasteiger partial charge in [0, 0.05) is 24.9 Å². The van der Waals surface area contributed by atoms with Crippen LogP contribution in [0.25, 0.3) is 0 Å². The maximum Gasteiger partial charge on any atom is 0.331 e. The van der Waals surface area contributed by atoms with Crippen molar-refractivity contribution in [3.63, 3.8) is 0 Å². The van der Waals surface area contributed by atoms with E-state index in [4.69, 9.17) is 16.9 Å². The highest BCUT2D eigenvalue weighted by atomic mass is 35.5. The Labute approximate surface area is 151 Å². The zero-order valence-corrected chi connectivity index (χ0v) is 14.2. The molecule has 11 heteroatoms. The standard InChI is InChI=1S/C15H12ClN5O5/c1-2-19-7-9(6-17)14(23)20(15(19)24)8-13(22)18-12-5-10(21(25)26)3-4-11(12)16/h3-5,7H,2,8H2,1H3,(H,18,22). The molecule has 1 N–H and O–H groups in total. The number of aryl methyl sites for hydroxylation is 1. The maximum absolute atomic E-state index is 12.2. The molecule has 2 rings (SSSR count). The number of benzene rings is 1. The van der Waals surface area contributed by atoms with E-state index in [9.17, 15) is 24.5 Å². The van der Waals surface area contributed by atoms with Crippen LogP contribution in [0.3, 0.4) is 0 Å². The van der Waals surface area contributed by atoms with Gasteiger partial charge in [0.05, 0.1) is 15.6 Å². The smallest absolute Gasteiger partial charge is 0.323 e. The third-order valence-corrected chi connectivity index (χ3v) is 3.76. The number of nitriles is 1. The van der Waals surface area contributed by atoms with Gasteiger partial charge in [0.2, 0.25) is 5.91 Å². The van der Waals surface area contributed by atoms with E-state index in [-0.39, 0.29) is 28.5 Å². The monoisotopic (exact) mass is 377 g/mol. The van der Waals surface area contributed by atoms with E-state index < -0.39 is 28.6 Å². The Morgan fingerprint density at radius 3 is 2.69 bits per heavy atom. The number of carbonyl (C=O) groups is 1. The highest BCUT2D eigenvalue weighted by Crippen LogP contribution is 2.26. The minimum absolute atomic E-state index is 0.0360. The van der Waals surface area contributed by atoms with Crippen LogP contribution in [0, 0.1) is 21.4 Å². The number of nitro groups is 1. The number of hydrogen-bond donors (Lipinski definition) is 1. The molecule has 0 aliphatic heterocycles. The van der Waals surface area contributed by atoms with Crippen LogP contribution in [0.1, 0.15) is 12.5 Å². The summed E-state index contributed by atoms with van der Waals surface area (Å²) in [6.07, 6.45) is 1.12. The van der Waals surface area contributed by atoms with Crippen LogP contribution < -0.4 is 16.6 Å². The predicted octanol–water partition coefficient (Wildman–Crippen LogP) is 1.10. The molecule has 10 nitrogen and oxygen atoms in total. The minimum atomic E-state index is -0.900. The predicted molar refractivity (Wildman–Crippen MR) is 92.1 cm³/mol. The number of aromatic nitrogens is 2. The van der Waals surface area contributed by atoms with Crippen molar-refractivity contribution in [1.29, 1.82) is 5.26 Å². The van der Waals surface area contributed by atoms with Crippen molar-refractivity contribution in [1.82, 2.24) is 9.13 Å². The molecular formula is C15H12ClN5O5. The van der Waals surface area contributed by atoms with Gasteiger partial charge in [-0.1, -0.05) is 11.6 Å². The first-order chi connectivity index (χ1) is 12.3. The summed E-state index contributed by atoms with van der Waals surface area (Å²) in [6.45, 7) is 1.17. The molecule has 0 unspecified atom stereocenters. The van der Waals surface area contributed by atoms with Crippen LogP contribution in [-0.2, 0) is 17.9 Å². The molecule has 0 aliphatic rings. The Hall–Kier alpha value is -3.45. The lowest BCUT2D eigenvalue weighted by Crippen LogP contribution is -2.43. The van der Waals surface area contributed by atoms with Gasteiger partial charge in [-0.25, -0.2) is 9.36 Å². The fourth-order valence-corrected chi connectivity index (χ4v) is 2.32. The van der Waals surface area contributed by atoms with Gasteiger partial charge in [-0.15, -0.1) is 0 Å². The van der Waals surface area contributed by atoms with E-state index in [1.807, 2.05) is 0 Å². The number of nitrogens with one attached hydrogen (secondary N) is 1. The maximum atomic E-state index is 12.2. The molecule has 0 spiro atoms. The van der Waals surface area contributed by atoms with Crippen molar-refractivity contribution >= 4 is 28.9 Å². The van der Waals surface area contributed by atoms with Crippen molar-refractivity contribution in [2.45, 2.75) is 20.0 Å². The molecule has 134 valence electrons. The minimum Gasteiger partial charge on any atom is -0.323 e. The van der Waals surface area contributed by atoms with E-state index in [1.165, 1.54) is 12.1 Å². The normalized spacial score (nSPS) is 10.2. The van der Waals surface area contributed by atoms with Crippen molar-refractivity contribution in [2.75, 3.05) is 5.32 Å². The first kappa shape index (κ1) is 18.9. The number of nitro benzene ring substituents is 1. The van der Waals surface area contributed by atoms with Crippen molar-refractivity contribution in [2.24, 2.45) is 0 Å². The average Bonchev–Trinajstić information content (AvgIpc) is 2.60. The number of anilines is 1. The summed E-state index contributed by atoms with van der Waals surface area (Å²) in [5.74, 6) is -0.802. The summed E-state index contributed by atoms with van der Waals surface area (Å²) in [4.78, 5) is 46.7. The second kappa shape index (κ2) is 7.62. The number of rotatable bonds is 5. The van der Waals surface area contributed by atoms with Gasteiger partial charge < -0.3 is 5.32 Å². The first-order valence-corrected chi connectivity index (χ1v) is 7.64. The molecular weight excluding hydrogens is 366 g/mol. The highest BCUT2D eigenvalue weighted by molar-refractivity contribution is 6.33. The molecule has 2 aromatic rings. The van der Waals surface area contributed by atoms with Gasteiger partial charge in [0.1, 0.15) is 18.2 Å². The van der Waals surface area contributed by atoms with Crippen LogP contribution in [0.4, 0.5) is 11.4 Å². The number of halogens is 1. The molecule has 0 fully saturated rings. The molecule has 0 aliphatic carbocycles. The molecule has 1 heterocycles. The summed E-state index contributed by atoms with van der Waals surface area (Å²) < 4.78 is 1.73. The summed E-state index contributed by atoms with van der Waals surface area (Å²) in [7, 11) is 0. The van der Waals surface area contributed by atoms with E-state index in [0.717, 1.165) is 16.8 Å². The second-order valence-electron chi connectivity index (χ2n) is 5.08. The van der Waals surface area contributed by atoms with Crippen LogP contribution in [-0.4, -0.2) is 20.0 Å². The Morgan fingerprint density at radius 1 is 1.42 bits per heavy atom. The average molecular weight is 378 g/mol. The third kappa shape index (κ3) is 3.79. The Balaban J connectivity index is 2.36. The van der Waals surface area contributed by atoms with Gasteiger partial charge in [-0.2, -0.15) is 5.26 Å². The lowest BCUT2D eigenvalue weighted by atomic mass is 10.2. The quantitative estimate of drug-likeness (QED) is 0.611. The number of non-ortho nitro benzene ring substituents is 1. The van der Waals surface area contributed by atoms with E-state index >= 15 is 0 Å². The van der Waals surface area contributed by atoms with Crippen LogP contribution in [0.15, 0.2) is 34.0 Å². The van der Waals surface area contributed by atoms with Crippen molar-refractivity contribution in [3.05, 3.63) is 65.9 Å². The van der Waals surface area contributed by atoms with Gasteiger partial charge in [0.25, 0.3) is 11.2 Å². The van der Waals surface area contributed by atoms with E-state index in [1.54, 1.807) is 13.0 Å². The van der Waals surface area contributed by atoms with E-state index in [2.05, 4.69) is 5.32 Å². The Morgan fingerprint density at radius 2 is 2.12 bits per heavy atom. The van der Waals surface area contributed by atoms with Gasteiger partial charge in [0.15, 0.2) is 0 Å². The summed E-state index contributed by atoms with van der Waals surface area (Å²) in [6, 6.07) is 5.13. The lowest BCUT2D eigenvalue weighted by Gasteiger charge is -2.10. The third-order valence-electron chi connectivity index (χ3n) is 3.43. The molecule has 1 amide bonds. The first-order valence-electron chi connectivity index (χ1n) is 7.26. The molecule has 0 atom stereocenters. The number of hydrogen-bond acceptors (Lipinski definition) is 6. The Kier molecular flexibility index (Phi) is 5.54. The number of nitrogens with zero attached hydrogens (tertiary/aromatic N) is 4. The van der Waals surface area contributed by atoms with Gasteiger partial charge in [-0.3, -0.25) is 24.3 Å². The van der Waals surface area contributed by atoms with E-state index in [0.29, 0.717) is 4.57 Å². The fourth-order valence-electron chi connectivity index (χ4n) is 2.15. The molecule has 0 saturated heterocycles. The summed E-state index contributed by atoms with van der Waals surface area (Å²) in [5.41, 5.74) is -2.26. The van der Waals surface area contributed by atoms with Gasteiger partial charge in [-0.05, 0) is 13.0 Å². The SMILES string of the molecule is CCn1cc(C#N)c(=O)n(CC(=O)Nc2cc([N+](=O)[O-])ccc2Cl)c1=O. The molecule has 1 aromatic heterocycles. The lowest BCUT2D eigenvalue weighted by molar-refractivity contribution is -0.384. The van der Waals surface area contributed by atoms with Gasteiger partial charge >= 0.3 is 5.69 Å². The highest BCUT2D eigenvalue weighted by Gasteiger charge is 2.16. The summed E-state index contributed by atoms with van der Waals surface area (Å²) >= 11 is 5.89. The summed E-state index contributed by atoms with van der Waals surface area (Å²) in [5, 5.41) is 22.1. The van der Waals surface area contributed by atoms with Crippen LogP contribution in [0.5, 0.6) is 0 Å². The molecule has 0 saturated carbocycles. The largest absolute Gasteiger partial charge is 0.331 e. The zero-order valence-electron chi connectivity index (χ0n) is 13.4. The number of carbonyl (C=O) groups excluding carboxylic acids is 1. The zero-order chi connectivity index (χ0) is 19.4. The van der Waals surface area contributed by atoms with Crippen LogP contribution >= 0.6 is 11.6 Å². The fraction of sp³-hybridized carbons (Fsp3) is 0.200. The van der Waals surface area contributed by atoms with Crippen molar-refractivity contribution in [3.8, 4) is 6.07 Å². The second-order valence-corrected chi connectivity index (χ2v) is 5.49. The number of amides is 1.